The number of aliphatic hydroxyl groups is 1. The van der Waals surface area contributed by atoms with Gasteiger partial charge >= 0.3 is 11.9 Å². The third-order valence-electron chi connectivity index (χ3n) is 2.70. The van der Waals surface area contributed by atoms with Crippen LogP contribution in [0.5, 0.6) is 0 Å². The van der Waals surface area contributed by atoms with E-state index < -0.39 is 26.1 Å². The van der Waals surface area contributed by atoms with Crippen LogP contribution in [0.4, 0.5) is 0 Å². The van der Waals surface area contributed by atoms with Crippen molar-refractivity contribution in [1.82, 2.24) is 0 Å². The monoisotopic (exact) mass is 311 g/mol. The molecule has 1 rings (SSSR count). The SMILES string of the molecule is CC.CO.NC(CCP(O)CC1CC1C(=O)O)C(=O)O. The molecule has 0 aliphatic heterocycles. The first-order chi connectivity index (χ1) is 9.41. The van der Waals surface area contributed by atoms with Crippen molar-refractivity contribution in [3.63, 3.8) is 0 Å². The summed E-state index contributed by atoms with van der Waals surface area (Å²) >= 11 is 0. The van der Waals surface area contributed by atoms with Crippen LogP contribution < -0.4 is 5.73 Å². The Kier molecular flexibility index (Phi) is 13.0. The third kappa shape index (κ3) is 9.20. The van der Waals surface area contributed by atoms with Crippen molar-refractivity contribution in [2.75, 3.05) is 19.4 Å². The molecule has 1 saturated carbocycles. The van der Waals surface area contributed by atoms with Crippen molar-refractivity contribution in [3.8, 4) is 0 Å². The standard InChI is InChI=1S/C9H16NO5P.C2H6.CH4O/c10-7(9(13)14)1-2-16(15)4-5-3-6(5)8(11)12;2*1-2/h5-7,15H,1-4,10H2,(H,11,12)(H,13,14);1-2H3;2H,1H3. The molecular formula is C12H26NO6P. The van der Waals surface area contributed by atoms with Gasteiger partial charge in [-0.3, -0.25) is 9.59 Å². The maximum absolute atomic E-state index is 10.5. The van der Waals surface area contributed by atoms with Gasteiger partial charge < -0.3 is 25.9 Å². The molecule has 20 heavy (non-hydrogen) atoms. The molecule has 0 aromatic carbocycles. The van der Waals surface area contributed by atoms with Gasteiger partial charge in [-0.1, -0.05) is 13.8 Å². The Morgan fingerprint density at radius 1 is 1.30 bits per heavy atom. The highest BCUT2D eigenvalue weighted by molar-refractivity contribution is 7.51. The first kappa shape index (κ1) is 21.5. The lowest BCUT2D eigenvalue weighted by Gasteiger charge is -2.11. The van der Waals surface area contributed by atoms with E-state index in [0.29, 0.717) is 18.7 Å². The van der Waals surface area contributed by atoms with Crippen molar-refractivity contribution in [1.29, 1.82) is 0 Å². The van der Waals surface area contributed by atoms with Crippen LogP contribution in [0.25, 0.3) is 0 Å². The van der Waals surface area contributed by atoms with E-state index in [0.717, 1.165) is 7.11 Å². The average Bonchev–Trinajstić information content (AvgIpc) is 3.20. The van der Waals surface area contributed by atoms with Crippen molar-refractivity contribution in [3.05, 3.63) is 0 Å². The fraction of sp³-hybridized carbons (Fsp3) is 0.833. The minimum atomic E-state index is -1.27. The van der Waals surface area contributed by atoms with Crippen molar-refractivity contribution in [2.45, 2.75) is 32.7 Å². The molecule has 0 bridgehead atoms. The maximum Gasteiger partial charge on any atom is 0.320 e. The molecule has 4 unspecified atom stereocenters. The zero-order valence-electron chi connectivity index (χ0n) is 12.2. The number of carboxylic acids is 2. The summed E-state index contributed by atoms with van der Waals surface area (Å²) in [4.78, 5) is 30.6. The van der Waals surface area contributed by atoms with Crippen molar-refractivity contribution in [2.24, 2.45) is 17.6 Å². The second-order valence-corrected chi connectivity index (χ2v) is 5.91. The summed E-state index contributed by atoms with van der Waals surface area (Å²) in [6, 6.07) is -0.938. The van der Waals surface area contributed by atoms with Crippen LogP contribution >= 0.6 is 8.15 Å². The average molecular weight is 311 g/mol. The molecule has 1 aliphatic carbocycles. The Balaban J connectivity index is 0. The van der Waals surface area contributed by atoms with Crippen LogP contribution in [0.2, 0.25) is 0 Å². The molecule has 120 valence electrons. The molecule has 8 heteroatoms. The molecule has 1 aliphatic rings. The van der Waals surface area contributed by atoms with Gasteiger partial charge in [0.1, 0.15) is 6.04 Å². The largest absolute Gasteiger partial charge is 0.481 e. The quantitative estimate of drug-likeness (QED) is 0.432. The molecule has 0 aromatic heterocycles. The Bertz CT molecular complexity index is 289. The number of carboxylic acid groups (broad SMARTS) is 2. The summed E-state index contributed by atoms with van der Waals surface area (Å²) in [7, 11) is -0.273. The Labute approximate surface area is 120 Å². The molecule has 0 amide bonds. The first-order valence-electron chi connectivity index (χ1n) is 6.51. The number of aliphatic carboxylic acids is 2. The van der Waals surface area contributed by atoms with Gasteiger partial charge in [0, 0.05) is 15.3 Å². The smallest absolute Gasteiger partial charge is 0.320 e. The van der Waals surface area contributed by atoms with Gasteiger partial charge in [-0.2, -0.15) is 0 Å². The molecule has 6 N–H and O–H groups in total. The van der Waals surface area contributed by atoms with E-state index in [1.54, 1.807) is 0 Å². The summed E-state index contributed by atoms with van der Waals surface area (Å²) < 4.78 is 0. The summed E-state index contributed by atoms with van der Waals surface area (Å²) in [5, 5.41) is 24.2. The number of hydrogen-bond donors (Lipinski definition) is 5. The van der Waals surface area contributed by atoms with E-state index in [-0.39, 0.29) is 18.3 Å². The number of nitrogens with two attached hydrogens (primary N) is 1. The Hall–Kier alpha value is -0.750. The lowest BCUT2D eigenvalue weighted by Crippen LogP contribution is -2.30. The van der Waals surface area contributed by atoms with E-state index in [1.807, 2.05) is 13.8 Å². The second kappa shape index (κ2) is 12.0. The fourth-order valence-corrected chi connectivity index (χ4v) is 3.23. The van der Waals surface area contributed by atoms with Gasteiger partial charge in [0.05, 0.1) is 5.92 Å². The molecule has 0 saturated heterocycles. The normalized spacial score (nSPS) is 22.3. The van der Waals surface area contributed by atoms with Crippen LogP contribution in [-0.2, 0) is 9.59 Å². The summed E-state index contributed by atoms with van der Waals surface area (Å²) in [5.74, 6) is -2.13. The predicted octanol–water partition coefficient (Wildman–Crippen LogP) is 0.533. The van der Waals surface area contributed by atoms with Crippen LogP contribution in [0, 0.1) is 11.8 Å². The van der Waals surface area contributed by atoms with Crippen molar-refractivity contribution < 1.29 is 29.8 Å². The minimum Gasteiger partial charge on any atom is -0.481 e. The molecule has 0 radical (unpaired) electrons. The van der Waals surface area contributed by atoms with Crippen LogP contribution in [0.3, 0.4) is 0 Å². The third-order valence-corrected chi connectivity index (χ3v) is 4.37. The summed E-state index contributed by atoms with van der Waals surface area (Å²) in [6.07, 6.45) is 1.71. The van der Waals surface area contributed by atoms with E-state index in [4.69, 9.17) is 21.1 Å². The van der Waals surface area contributed by atoms with Crippen LogP contribution in [0.15, 0.2) is 0 Å². The summed E-state index contributed by atoms with van der Waals surface area (Å²) in [5.41, 5.74) is 5.29. The molecule has 7 nitrogen and oxygen atoms in total. The van der Waals surface area contributed by atoms with Gasteiger partial charge in [0.2, 0.25) is 0 Å². The highest BCUT2D eigenvalue weighted by atomic mass is 31.1. The Morgan fingerprint density at radius 3 is 2.15 bits per heavy atom. The molecule has 4 atom stereocenters. The van der Waals surface area contributed by atoms with Crippen molar-refractivity contribution >= 4 is 20.1 Å². The number of aliphatic hydroxyl groups excluding tert-OH is 1. The van der Waals surface area contributed by atoms with Crippen LogP contribution in [-0.4, -0.2) is 57.6 Å². The lowest BCUT2D eigenvalue weighted by molar-refractivity contribution is -0.139. The van der Waals surface area contributed by atoms with Gasteiger partial charge in [0.15, 0.2) is 0 Å². The zero-order chi connectivity index (χ0) is 16.3. The highest BCUT2D eigenvalue weighted by Crippen LogP contribution is 2.47. The van der Waals surface area contributed by atoms with E-state index in [2.05, 4.69) is 0 Å². The topological polar surface area (TPSA) is 141 Å². The minimum absolute atomic E-state index is 0.0645. The van der Waals surface area contributed by atoms with Crippen LogP contribution in [0.1, 0.15) is 26.7 Å². The van der Waals surface area contributed by atoms with Gasteiger partial charge in [-0.05, 0) is 31.1 Å². The molecule has 0 heterocycles. The molecule has 0 aromatic rings. The van der Waals surface area contributed by atoms with Gasteiger partial charge in [-0.15, -0.1) is 0 Å². The first-order valence-corrected chi connectivity index (χ1v) is 8.18. The molecular weight excluding hydrogens is 285 g/mol. The number of rotatable bonds is 7. The lowest BCUT2D eigenvalue weighted by atomic mass is 10.2. The predicted molar refractivity (Wildman–Crippen MR) is 77.8 cm³/mol. The van der Waals surface area contributed by atoms with Gasteiger partial charge in [0.25, 0.3) is 0 Å². The summed E-state index contributed by atoms with van der Waals surface area (Å²) in [6.45, 7) is 4.00. The van der Waals surface area contributed by atoms with Gasteiger partial charge in [-0.25, -0.2) is 0 Å². The van der Waals surface area contributed by atoms with E-state index in [1.165, 1.54) is 0 Å². The number of carbonyl (C=O) groups is 2. The second-order valence-electron chi connectivity index (χ2n) is 4.09. The molecule has 1 fully saturated rings. The fourth-order valence-electron chi connectivity index (χ4n) is 1.53. The molecule has 0 spiro atoms. The maximum atomic E-state index is 10.5. The van der Waals surface area contributed by atoms with E-state index >= 15 is 0 Å². The highest BCUT2D eigenvalue weighted by Gasteiger charge is 2.43. The number of hydrogen-bond acceptors (Lipinski definition) is 5. The Morgan fingerprint density at radius 2 is 1.80 bits per heavy atom. The zero-order valence-corrected chi connectivity index (χ0v) is 13.1. The van der Waals surface area contributed by atoms with E-state index in [9.17, 15) is 14.5 Å².